The van der Waals surface area contributed by atoms with E-state index in [0.29, 0.717) is 61.7 Å². The molecule has 0 aliphatic carbocycles. The number of aromatic nitrogens is 5. The van der Waals surface area contributed by atoms with Crippen molar-refractivity contribution in [3.8, 4) is 17.3 Å². The van der Waals surface area contributed by atoms with E-state index in [9.17, 15) is 13.3 Å². The minimum Gasteiger partial charge on any atom is -0.616 e. The summed E-state index contributed by atoms with van der Waals surface area (Å²) < 4.78 is 52.1. The molecule has 12 nitrogen and oxygen atoms in total. The van der Waals surface area contributed by atoms with E-state index in [4.69, 9.17) is 14.9 Å². The summed E-state index contributed by atoms with van der Waals surface area (Å²) in [4.78, 5) is 19.3. The maximum absolute atomic E-state index is 14.6. The topological polar surface area (TPSA) is 137 Å². The molecule has 4 heterocycles. The third-order valence-corrected chi connectivity index (χ3v) is 7.14. The van der Waals surface area contributed by atoms with Gasteiger partial charge in [0.25, 0.3) is 5.78 Å². The normalized spacial score (nSPS) is 15.2. The highest BCUT2D eigenvalue weighted by Crippen LogP contribution is 2.29. The van der Waals surface area contributed by atoms with E-state index in [-0.39, 0.29) is 24.1 Å². The van der Waals surface area contributed by atoms with Crippen molar-refractivity contribution in [3.63, 3.8) is 0 Å². The molecule has 3 aromatic heterocycles. The number of furan rings is 1. The number of nitrogens with two attached hydrogens (primary N) is 1. The van der Waals surface area contributed by atoms with Crippen LogP contribution >= 0.6 is 0 Å². The van der Waals surface area contributed by atoms with E-state index in [1.54, 1.807) is 18.4 Å². The smallest absolute Gasteiger partial charge is 0.259 e. The van der Waals surface area contributed by atoms with E-state index in [0.717, 1.165) is 12.6 Å². The monoisotopic (exact) mass is 561 g/mol. The standard InChI is InChI=1S/C24H29F2N9O3S/c1-32(23-29-22(27)35-24(30-23)28-21(31-35)19-4-3-11-37-19)5-6-33-7-9-34(10-8-33)18-15-20(17(26)14-16(18)25)38-12-13-39(2)36/h3-4,11,14-15H,5-10,12-13H2,1-2H3,(H2,27,28,29,30,31)/t39-/m0/s1. The Hall–Kier alpha value is -3.69. The highest BCUT2D eigenvalue weighted by atomic mass is 32.2. The Morgan fingerprint density at radius 3 is 2.67 bits per heavy atom. The van der Waals surface area contributed by atoms with Crippen LogP contribution in [-0.2, 0) is 11.2 Å². The Balaban J connectivity index is 1.17. The highest BCUT2D eigenvalue weighted by molar-refractivity contribution is 7.90. The Kier molecular flexibility index (Phi) is 7.99. The number of halogens is 2. The van der Waals surface area contributed by atoms with Crippen LogP contribution in [0.5, 0.6) is 5.75 Å². The molecule has 1 fully saturated rings. The van der Waals surface area contributed by atoms with Gasteiger partial charge < -0.3 is 29.2 Å². The van der Waals surface area contributed by atoms with Crippen LogP contribution in [0.15, 0.2) is 34.9 Å². The van der Waals surface area contributed by atoms with E-state index >= 15 is 0 Å². The number of hydrogen-bond acceptors (Lipinski definition) is 11. The number of likely N-dealkylation sites (N-methyl/N-ethyl adjacent to an activating group) is 1. The average Bonchev–Trinajstić information content (AvgIpc) is 3.59. The van der Waals surface area contributed by atoms with Crippen LogP contribution in [0.25, 0.3) is 17.4 Å². The first-order chi connectivity index (χ1) is 18.8. The van der Waals surface area contributed by atoms with Crippen molar-refractivity contribution in [2.45, 2.75) is 0 Å². The second-order valence-electron chi connectivity index (χ2n) is 9.12. The van der Waals surface area contributed by atoms with Crippen LogP contribution in [0, 0.1) is 11.6 Å². The van der Waals surface area contributed by atoms with Gasteiger partial charge in [-0.3, -0.25) is 4.90 Å². The van der Waals surface area contributed by atoms with E-state index in [1.165, 1.54) is 16.8 Å². The van der Waals surface area contributed by atoms with Gasteiger partial charge in [-0.2, -0.15) is 19.5 Å². The molecule has 0 amide bonds. The van der Waals surface area contributed by atoms with Gasteiger partial charge in [0.1, 0.15) is 18.2 Å². The van der Waals surface area contributed by atoms with Crippen molar-refractivity contribution in [1.82, 2.24) is 29.5 Å². The number of nitrogens with zero attached hydrogens (tertiary/aromatic N) is 8. The van der Waals surface area contributed by atoms with Crippen LogP contribution in [-0.4, -0.2) is 99.0 Å². The Morgan fingerprint density at radius 2 is 1.95 bits per heavy atom. The van der Waals surface area contributed by atoms with Gasteiger partial charge in [-0.05, 0) is 12.1 Å². The molecule has 1 atom stereocenters. The molecule has 39 heavy (non-hydrogen) atoms. The van der Waals surface area contributed by atoms with Gasteiger partial charge >= 0.3 is 0 Å². The number of hydrogen-bond donors (Lipinski definition) is 1. The number of anilines is 3. The third-order valence-electron chi connectivity index (χ3n) is 6.40. The summed E-state index contributed by atoms with van der Waals surface area (Å²) in [5, 5.41) is 4.31. The van der Waals surface area contributed by atoms with Crippen LogP contribution in [0.2, 0.25) is 0 Å². The lowest BCUT2D eigenvalue weighted by Gasteiger charge is -2.37. The Labute approximate surface area is 226 Å². The number of nitrogen functional groups attached to an aromatic ring is 1. The number of piperazine rings is 1. The van der Waals surface area contributed by atoms with Gasteiger partial charge in [0, 0.05) is 58.4 Å². The SMILES string of the molecule is CN(CCN1CCN(c2cc(OCC[S@+](C)[O-])c(F)cc2F)CC1)c1nc(N)n2nc(-c3ccco3)nc2n1. The maximum atomic E-state index is 14.6. The first kappa shape index (κ1) is 26.9. The predicted molar refractivity (Wildman–Crippen MR) is 143 cm³/mol. The second-order valence-corrected chi connectivity index (χ2v) is 10.7. The number of ether oxygens (including phenoxy) is 1. The Morgan fingerprint density at radius 1 is 1.15 bits per heavy atom. The summed E-state index contributed by atoms with van der Waals surface area (Å²) in [5.74, 6) is 0.594. The lowest BCUT2D eigenvalue weighted by molar-refractivity contribution is 0.262. The first-order valence-corrected chi connectivity index (χ1v) is 14.1. The van der Waals surface area contributed by atoms with Crippen LogP contribution in [0.1, 0.15) is 0 Å². The molecule has 4 aromatic rings. The zero-order chi connectivity index (χ0) is 27.5. The number of fused-ring (bicyclic) bond motifs is 1. The molecular formula is C24H29F2N9O3S. The molecule has 2 N–H and O–H groups in total. The summed E-state index contributed by atoms with van der Waals surface area (Å²) >= 11 is -1.06. The maximum Gasteiger partial charge on any atom is 0.259 e. The molecule has 1 saturated heterocycles. The van der Waals surface area contributed by atoms with Gasteiger partial charge in [-0.15, -0.1) is 5.10 Å². The van der Waals surface area contributed by atoms with Crippen LogP contribution < -0.4 is 20.3 Å². The summed E-state index contributed by atoms with van der Waals surface area (Å²) in [6.45, 7) is 3.94. The van der Waals surface area contributed by atoms with E-state index in [1.807, 2.05) is 16.8 Å². The zero-order valence-electron chi connectivity index (χ0n) is 21.6. The van der Waals surface area contributed by atoms with Gasteiger partial charge in [0.2, 0.25) is 17.7 Å². The molecule has 0 spiro atoms. The fourth-order valence-electron chi connectivity index (χ4n) is 4.22. The summed E-state index contributed by atoms with van der Waals surface area (Å²) in [6, 6.07) is 5.72. The number of benzene rings is 1. The molecule has 1 aromatic carbocycles. The van der Waals surface area contributed by atoms with Crippen LogP contribution in [0.3, 0.4) is 0 Å². The van der Waals surface area contributed by atoms with Gasteiger partial charge in [0.15, 0.2) is 17.3 Å². The third kappa shape index (κ3) is 6.15. The lowest BCUT2D eigenvalue weighted by atomic mass is 10.2. The fraction of sp³-hybridized carbons (Fsp3) is 0.417. The molecule has 1 aliphatic rings. The molecule has 208 valence electrons. The van der Waals surface area contributed by atoms with Gasteiger partial charge in [-0.25, -0.2) is 8.78 Å². The summed E-state index contributed by atoms with van der Waals surface area (Å²) in [6.07, 6.45) is 3.08. The van der Waals surface area contributed by atoms with Crippen molar-refractivity contribution in [2.75, 3.05) is 80.5 Å². The van der Waals surface area contributed by atoms with Gasteiger partial charge in [0.05, 0.1) is 18.2 Å². The van der Waals surface area contributed by atoms with Crippen molar-refractivity contribution in [2.24, 2.45) is 0 Å². The molecule has 0 saturated carbocycles. The largest absolute Gasteiger partial charge is 0.616 e. The van der Waals surface area contributed by atoms with Crippen molar-refractivity contribution in [1.29, 1.82) is 0 Å². The first-order valence-electron chi connectivity index (χ1n) is 12.3. The molecule has 1 aliphatic heterocycles. The van der Waals surface area contributed by atoms with Crippen molar-refractivity contribution < 1.29 is 22.5 Å². The van der Waals surface area contributed by atoms with Gasteiger partial charge in [-0.1, -0.05) is 11.2 Å². The van der Waals surface area contributed by atoms with Crippen LogP contribution in [0.4, 0.5) is 26.4 Å². The highest BCUT2D eigenvalue weighted by Gasteiger charge is 2.23. The Bertz CT molecular complexity index is 1410. The predicted octanol–water partition coefficient (Wildman–Crippen LogP) is 1.66. The lowest BCUT2D eigenvalue weighted by Crippen LogP contribution is -2.48. The quantitative estimate of drug-likeness (QED) is 0.283. The zero-order valence-corrected chi connectivity index (χ0v) is 22.4. The minimum atomic E-state index is -1.06. The molecule has 0 radical (unpaired) electrons. The average molecular weight is 562 g/mol. The van der Waals surface area contributed by atoms with Crippen molar-refractivity contribution >= 4 is 34.5 Å². The molecule has 0 unspecified atom stereocenters. The fourth-order valence-corrected chi connectivity index (χ4v) is 4.54. The minimum absolute atomic E-state index is 0.0406. The molecular weight excluding hydrogens is 532 g/mol. The van der Waals surface area contributed by atoms with E-state index < -0.39 is 22.8 Å². The summed E-state index contributed by atoms with van der Waals surface area (Å²) in [5.41, 5.74) is 6.39. The second kappa shape index (κ2) is 11.6. The van der Waals surface area contributed by atoms with E-state index in [2.05, 4.69) is 25.0 Å². The molecule has 15 heteroatoms. The molecule has 0 bridgehead atoms. The number of rotatable bonds is 10. The summed E-state index contributed by atoms with van der Waals surface area (Å²) in [7, 11) is 1.87. The molecule has 5 rings (SSSR count). The van der Waals surface area contributed by atoms with Crippen molar-refractivity contribution in [3.05, 3.63) is 42.2 Å².